The van der Waals surface area contributed by atoms with Gasteiger partial charge in [0.1, 0.15) is 6.17 Å². The van der Waals surface area contributed by atoms with Gasteiger partial charge in [-0.05, 0) is 24.3 Å². The van der Waals surface area contributed by atoms with E-state index < -0.39 is 6.17 Å². The minimum absolute atomic E-state index is 0.101. The number of carbonyl (C=O) groups is 1. The van der Waals surface area contributed by atoms with Crippen LogP contribution in [0.3, 0.4) is 0 Å². The molecule has 0 spiro atoms. The highest BCUT2D eigenvalue weighted by Crippen LogP contribution is 2.27. The first-order chi connectivity index (χ1) is 6.56. The van der Waals surface area contributed by atoms with Gasteiger partial charge in [-0.3, -0.25) is 4.79 Å². The monoisotopic (exact) mass is 199 g/mol. The molecule has 2 unspecified atom stereocenters. The fourth-order valence-corrected chi connectivity index (χ4v) is 2.00. The van der Waals surface area contributed by atoms with Crippen LogP contribution in [0.4, 0.5) is 4.39 Å². The summed E-state index contributed by atoms with van der Waals surface area (Å²) >= 11 is 0. The van der Waals surface area contributed by atoms with Crippen LogP contribution in [0.2, 0.25) is 0 Å². The summed E-state index contributed by atoms with van der Waals surface area (Å²) in [5.41, 5.74) is 0. The Labute approximate surface area is 84.8 Å². The van der Waals surface area contributed by atoms with Crippen LogP contribution < -0.4 is 0 Å². The molecule has 0 aromatic carbocycles. The van der Waals surface area contributed by atoms with Crippen molar-refractivity contribution in [2.24, 2.45) is 11.8 Å². The molecule has 1 aliphatic rings. The molecule has 0 aromatic heterocycles. The number of hydrogen-bond donors (Lipinski definition) is 0. The van der Waals surface area contributed by atoms with Crippen molar-refractivity contribution < 1.29 is 9.18 Å². The number of likely N-dealkylation sites (tertiary alicyclic amines) is 1. The maximum absolute atomic E-state index is 13.6. The quantitative estimate of drug-likeness (QED) is 0.623. The topological polar surface area (TPSA) is 20.3 Å². The zero-order chi connectivity index (χ0) is 10.7. The van der Waals surface area contributed by atoms with E-state index in [4.69, 9.17) is 0 Å². The first-order valence-electron chi connectivity index (χ1n) is 5.11. The third-order valence-corrected chi connectivity index (χ3v) is 2.93. The molecule has 0 aromatic rings. The lowest BCUT2D eigenvalue weighted by molar-refractivity contribution is -0.129. The number of rotatable bonds is 2. The van der Waals surface area contributed by atoms with Gasteiger partial charge in [-0.15, -0.1) is 0 Å². The predicted molar refractivity (Wildman–Crippen MR) is 54.6 cm³/mol. The first kappa shape index (κ1) is 11.2. The molecule has 0 N–H and O–H groups in total. The number of carbonyl (C=O) groups excluding carboxylic acids is 1. The van der Waals surface area contributed by atoms with Crippen LogP contribution in [-0.2, 0) is 4.79 Å². The van der Waals surface area contributed by atoms with Crippen LogP contribution in [0.5, 0.6) is 0 Å². The highest BCUT2D eigenvalue weighted by atomic mass is 19.1. The van der Waals surface area contributed by atoms with Crippen molar-refractivity contribution in [1.29, 1.82) is 0 Å². The summed E-state index contributed by atoms with van der Waals surface area (Å²) in [6, 6.07) is 0. The van der Waals surface area contributed by atoms with Crippen LogP contribution in [-0.4, -0.2) is 30.1 Å². The lowest BCUT2D eigenvalue weighted by Gasteiger charge is -2.36. The number of piperidine rings is 1. The van der Waals surface area contributed by atoms with E-state index in [-0.39, 0.29) is 18.4 Å². The van der Waals surface area contributed by atoms with Gasteiger partial charge >= 0.3 is 0 Å². The van der Waals surface area contributed by atoms with Gasteiger partial charge in [0.2, 0.25) is 5.91 Å². The number of hydrogen-bond acceptors (Lipinski definition) is 1. The highest BCUT2D eigenvalue weighted by Gasteiger charge is 2.32. The SMILES string of the molecule is C=CC(=O)N1CCC(C(C)C)C(F)C1. The lowest BCUT2D eigenvalue weighted by atomic mass is 9.85. The maximum atomic E-state index is 13.6. The Hall–Kier alpha value is -0.860. The summed E-state index contributed by atoms with van der Waals surface area (Å²) in [7, 11) is 0. The van der Waals surface area contributed by atoms with Gasteiger partial charge in [-0.25, -0.2) is 4.39 Å². The number of amides is 1. The molecule has 0 radical (unpaired) electrons. The fraction of sp³-hybridized carbons (Fsp3) is 0.727. The summed E-state index contributed by atoms with van der Waals surface area (Å²) < 4.78 is 13.6. The molecule has 1 saturated heterocycles. The molecular weight excluding hydrogens is 181 g/mol. The van der Waals surface area contributed by atoms with Crippen molar-refractivity contribution in [2.45, 2.75) is 26.4 Å². The average molecular weight is 199 g/mol. The molecule has 1 aliphatic heterocycles. The number of halogens is 1. The second-order valence-corrected chi connectivity index (χ2v) is 4.20. The Kier molecular flexibility index (Phi) is 3.67. The Morgan fingerprint density at radius 1 is 1.64 bits per heavy atom. The van der Waals surface area contributed by atoms with Gasteiger partial charge in [0, 0.05) is 6.54 Å². The molecule has 14 heavy (non-hydrogen) atoms. The van der Waals surface area contributed by atoms with Crippen molar-refractivity contribution in [3.63, 3.8) is 0 Å². The highest BCUT2D eigenvalue weighted by molar-refractivity contribution is 5.87. The van der Waals surface area contributed by atoms with Gasteiger partial charge in [-0.2, -0.15) is 0 Å². The normalized spacial score (nSPS) is 27.9. The zero-order valence-electron chi connectivity index (χ0n) is 8.87. The number of nitrogens with zero attached hydrogens (tertiary/aromatic N) is 1. The van der Waals surface area contributed by atoms with E-state index >= 15 is 0 Å². The molecule has 2 nitrogen and oxygen atoms in total. The fourth-order valence-electron chi connectivity index (χ4n) is 2.00. The van der Waals surface area contributed by atoms with Crippen molar-refractivity contribution in [3.05, 3.63) is 12.7 Å². The molecule has 0 bridgehead atoms. The molecule has 3 heteroatoms. The van der Waals surface area contributed by atoms with E-state index in [1.807, 2.05) is 13.8 Å². The molecule has 80 valence electrons. The van der Waals surface area contributed by atoms with Crippen molar-refractivity contribution >= 4 is 5.91 Å². The minimum Gasteiger partial charge on any atom is -0.336 e. The standard InChI is InChI=1S/C11H18FNO/c1-4-11(14)13-6-5-9(8(2)3)10(12)7-13/h4,8-10H,1,5-7H2,2-3H3. The van der Waals surface area contributed by atoms with Gasteiger partial charge in [0.25, 0.3) is 0 Å². The molecular formula is C11H18FNO. The largest absolute Gasteiger partial charge is 0.336 e. The second-order valence-electron chi connectivity index (χ2n) is 4.20. The van der Waals surface area contributed by atoms with Gasteiger partial charge < -0.3 is 4.90 Å². The van der Waals surface area contributed by atoms with Gasteiger partial charge in [0.15, 0.2) is 0 Å². The number of alkyl halides is 1. The third kappa shape index (κ3) is 2.34. The van der Waals surface area contributed by atoms with E-state index in [1.54, 1.807) is 0 Å². The average Bonchev–Trinajstić information content (AvgIpc) is 2.15. The van der Waals surface area contributed by atoms with Crippen LogP contribution in [0, 0.1) is 11.8 Å². The molecule has 1 amide bonds. The Balaban J connectivity index is 2.54. The third-order valence-electron chi connectivity index (χ3n) is 2.93. The first-order valence-corrected chi connectivity index (χ1v) is 5.11. The molecule has 1 heterocycles. The van der Waals surface area contributed by atoms with E-state index in [2.05, 4.69) is 6.58 Å². The summed E-state index contributed by atoms with van der Waals surface area (Å²) in [5.74, 6) is 0.296. The molecule has 1 rings (SSSR count). The molecule has 0 saturated carbocycles. The van der Waals surface area contributed by atoms with E-state index in [9.17, 15) is 9.18 Å². The van der Waals surface area contributed by atoms with E-state index in [0.29, 0.717) is 12.5 Å². The van der Waals surface area contributed by atoms with Crippen molar-refractivity contribution in [2.75, 3.05) is 13.1 Å². The van der Waals surface area contributed by atoms with Crippen LogP contribution in [0.1, 0.15) is 20.3 Å². The smallest absolute Gasteiger partial charge is 0.246 e. The summed E-state index contributed by atoms with van der Waals surface area (Å²) in [6.07, 6.45) is 1.13. The van der Waals surface area contributed by atoms with Crippen LogP contribution in [0.15, 0.2) is 12.7 Å². The Morgan fingerprint density at radius 3 is 2.71 bits per heavy atom. The maximum Gasteiger partial charge on any atom is 0.246 e. The summed E-state index contributed by atoms with van der Waals surface area (Å²) in [6.45, 7) is 8.35. The van der Waals surface area contributed by atoms with E-state index in [0.717, 1.165) is 6.42 Å². The molecule has 0 aliphatic carbocycles. The lowest BCUT2D eigenvalue weighted by Crippen LogP contribution is -2.45. The summed E-state index contributed by atoms with van der Waals surface area (Å²) in [4.78, 5) is 12.8. The van der Waals surface area contributed by atoms with Crippen LogP contribution in [0.25, 0.3) is 0 Å². The summed E-state index contributed by atoms with van der Waals surface area (Å²) in [5, 5.41) is 0. The van der Waals surface area contributed by atoms with Gasteiger partial charge in [-0.1, -0.05) is 20.4 Å². The van der Waals surface area contributed by atoms with Crippen LogP contribution >= 0.6 is 0 Å². The zero-order valence-corrected chi connectivity index (χ0v) is 8.87. The predicted octanol–water partition coefficient (Wildman–Crippen LogP) is 2.02. The van der Waals surface area contributed by atoms with Crippen molar-refractivity contribution in [3.8, 4) is 0 Å². The molecule has 1 fully saturated rings. The van der Waals surface area contributed by atoms with Gasteiger partial charge in [0.05, 0.1) is 6.54 Å². The second kappa shape index (κ2) is 4.58. The van der Waals surface area contributed by atoms with Crippen molar-refractivity contribution in [1.82, 2.24) is 4.90 Å². The minimum atomic E-state index is -0.882. The Bertz CT molecular complexity index is 227. The molecule has 2 atom stereocenters. The Morgan fingerprint density at radius 2 is 2.29 bits per heavy atom. The van der Waals surface area contributed by atoms with E-state index in [1.165, 1.54) is 11.0 Å².